The molecule has 7 heteroatoms. The molecule has 126 valence electrons. The first-order valence-electron chi connectivity index (χ1n) is 7.34. The number of hydrogen-bond donors (Lipinski definition) is 1. The van der Waals surface area contributed by atoms with E-state index in [1.165, 1.54) is 24.3 Å². The van der Waals surface area contributed by atoms with E-state index in [-0.39, 0.29) is 18.9 Å². The summed E-state index contributed by atoms with van der Waals surface area (Å²) >= 11 is 0. The van der Waals surface area contributed by atoms with Crippen molar-refractivity contribution in [3.8, 4) is 5.75 Å². The molecule has 0 heterocycles. The molecule has 0 saturated carbocycles. The molecule has 7 nitrogen and oxygen atoms in total. The Morgan fingerprint density at radius 3 is 2.42 bits per heavy atom. The van der Waals surface area contributed by atoms with Gasteiger partial charge in [-0.2, -0.15) is 0 Å². The quantitative estimate of drug-likeness (QED) is 0.493. The third-order valence-corrected chi connectivity index (χ3v) is 3.39. The Kier molecular flexibility index (Phi) is 5.73. The number of non-ortho nitro benzene ring substituents is 1. The number of hydrogen-bond acceptors (Lipinski definition) is 5. The molecule has 24 heavy (non-hydrogen) atoms. The standard InChI is InChI=1S/C17H18N2O5/c1-12-3-4-14(11-13(12)2)18-17(20)24-10-9-23-16-7-5-15(6-8-16)19(21)22/h3-8,11H,9-10H2,1-2H3,(H,18,20). The van der Waals surface area contributed by atoms with E-state index in [0.29, 0.717) is 11.4 Å². The number of ether oxygens (including phenoxy) is 2. The number of nitrogens with one attached hydrogen (secondary N) is 1. The van der Waals surface area contributed by atoms with Gasteiger partial charge < -0.3 is 9.47 Å². The van der Waals surface area contributed by atoms with E-state index in [2.05, 4.69) is 5.32 Å². The number of anilines is 1. The number of amides is 1. The van der Waals surface area contributed by atoms with Gasteiger partial charge in [0.15, 0.2) is 0 Å². The Hall–Kier alpha value is -3.09. The van der Waals surface area contributed by atoms with Crippen molar-refractivity contribution in [3.05, 3.63) is 63.7 Å². The fourth-order valence-electron chi connectivity index (χ4n) is 1.93. The zero-order chi connectivity index (χ0) is 17.5. The van der Waals surface area contributed by atoms with Crippen molar-refractivity contribution in [3.63, 3.8) is 0 Å². The van der Waals surface area contributed by atoms with Crippen LogP contribution in [0.15, 0.2) is 42.5 Å². The average Bonchev–Trinajstić information content (AvgIpc) is 2.55. The molecule has 0 bridgehead atoms. The molecule has 1 N–H and O–H groups in total. The Morgan fingerprint density at radius 2 is 1.79 bits per heavy atom. The van der Waals surface area contributed by atoms with Crippen LogP contribution in [0.2, 0.25) is 0 Å². The van der Waals surface area contributed by atoms with Gasteiger partial charge in [-0.25, -0.2) is 4.79 Å². The number of rotatable bonds is 6. The lowest BCUT2D eigenvalue weighted by molar-refractivity contribution is -0.384. The van der Waals surface area contributed by atoms with Crippen LogP contribution >= 0.6 is 0 Å². The van der Waals surface area contributed by atoms with E-state index < -0.39 is 11.0 Å². The van der Waals surface area contributed by atoms with Gasteiger partial charge in [0, 0.05) is 17.8 Å². The number of nitrogens with zero attached hydrogens (tertiary/aromatic N) is 1. The van der Waals surface area contributed by atoms with Crippen LogP contribution in [0.4, 0.5) is 16.2 Å². The van der Waals surface area contributed by atoms with Crippen molar-refractivity contribution in [2.75, 3.05) is 18.5 Å². The largest absolute Gasteiger partial charge is 0.490 e. The minimum atomic E-state index is -0.564. The SMILES string of the molecule is Cc1ccc(NC(=O)OCCOc2ccc([N+](=O)[O-])cc2)cc1C. The molecule has 0 spiro atoms. The van der Waals surface area contributed by atoms with Crippen LogP contribution in [-0.2, 0) is 4.74 Å². The maximum absolute atomic E-state index is 11.7. The van der Waals surface area contributed by atoms with Crippen LogP contribution in [0.1, 0.15) is 11.1 Å². The maximum Gasteiger partial charge on any atom is 0.411 e. The lowest BCUT2D eigenvalue weighted by atomic mass is 10.1. The molecule has 0 atom stereocenters. The summed E-state index contributed by atoms with van der Waals surface area (Å²) in [7, 11) is 0. The molecule has 0 radical (unpaired) electrons. The van der Waals surface area contributed by atoms with Crippen molar-refractivity contribution in [1.82, 2.24) is 0 Å². The third kappa shape index (κ3) is 4.98. The number of nitro benzene ring substituents is 1. The highest BCUT2D eigenvalue weighted by molar-refractivity contribution is 5.84. The summed E-state index contributed by atoms with van der Waals surface area (Å²) in [5.74, 6) is 0.471. The summed E-state index contributed by atoms with van der Waals surface area (Å²) in [4.78, 5) is 21.7. The fraction of sp³-hybridized carbons (Fsp3) is 0.235. The van der Waals surface area contributed by atoms with Crippen molar-refractivity contribution < 1.29 is 19.2 Å². The lowest BCUT2D eigenvalue weighted by Crippen LogP contribution is -2.17. The predicted octanol–water partition coefficient (Wildman–Crippen LogP) is 3.84. The van der Waals surface area contributed by atoms with Gasteiger partial charge in [0.2, 0.25) is 0 Å². The monoisotopic (exact) mass is 330 g/mol. The number of carbonyl (C=O) groups is 1. The van der Waals surface area contributed by atoms with E-state index in [1.807, 2.05) is 26.0 Å². The summed E-state index contributed by atoms with van der Waals surface area (Å²) in [5.41, 5.74) is 2.88. The summed E-state index contributed by atoms with van der Waals surface area (Å²) in [6.07, 6.45) is -0.564. The molecular formula is C17H18N2O5. The van der Waals surface area contributed by atoms with Gasteiger partial charge >= 0.3 is 6.09 Å². The highest BCUT2D eigenvalue weighted by atomic mass is 16.6. The lowest BCUT2D eigenvalue weighted by Gasteiger charge is -2.09. The zero-order valence-electron chi connectivity index (χ0n) is 13.4. The molecule has 0 aromatic heterocycles. The van der Waals surface area contributed by atoms with Crippen LogP contribution in [0.5, 0.6) is 5.75 Å². The van der Waals surface area contributed by atoms with Crippen LogP contribution in [0, 0.1) is 24.0 Å². The van der Waals surface area contributed by atoms with Crippen LogP contribution in [-0.4, -0.2) is 24.2 Å². The van der Waals surface area contributed by atoms with Gasteiger partial charge in [-0.3, -0.25) is 15.4 Å². The second-order valence-electron chi connectivity index (χ2n) is 5.16. The molecule has 0 fully saturated rings. The van der Waals surface area contributed by atoms with E-state index in [9.17, 15) is 14.9 Å². The average molecular weight is 330 g/mol. The minimum absolute atomic E-state index is 0.00799. The number of carbonyl (C=O) groups excluding carboxylic acids is 1. The van der Waals surface area contributed by atoms with E-state index in [0.717, 1.165) is 11.1 Å². The highest BCUT2D eigenvalue weighted by Gasteiger charge is 2.06. The molecule has 0 aliphatic rings. The normalized spacial score (nSPS) is 10.1. The fourth-order valence-corrected chi connectivity index (χ4v) is 1.93. The molecule has 0 aliphatic heterocycles. The number of aryl methyl sites for hydroxylation is 2. The summed E-state index contributed by atoms with van der Waals surface area (Å²) < 4.78 is 10.4. The maximum atomic E-state index is 11.7. The van der Waals surface area contributed by atoms with E-state index in [1.54, 1.807) is 6.07 Å². The van der Waals surface area contributed by atoms with Crippen molar-refractivity contribution >= 4 is 17.5 Å². The molecule has 2 aromatic rings. The molecular weight excluding hydrogens is 312 g/mol. The second-order valence-corrected chi connectivity index (χ2v) is 5.16. The zero-order valence-corrected chi connectivity index (χ0v) is 13.4. The molecule has 0 saturated heterocycles. The number of nitro groups is 1. The molecule has 2 aromatic carbocycles. The van der Waals surface area contributed by atoms with Gasteiger partial charge in [-0.1, -0.05) is 6.07 Å². The van der Waals surface area contributed by atoms with Gasteiger partial charge in [-0.15, -0.1) is 0 Å². The van der Waals surface area contributed by atoms with Gasteiger partial charge in [0.25, 0.3) is 5.69 Å². The Morgan fingerprint density at radius 1 is 1.08 bits per heavy atom. The highest BCUT2D eigenvalue weighted by Crippen LogP contribution is 2.17. The topological polar surface area (TPSA) is 90.7 Å². The summed E-state index contributed by atoms with van der Waals surface area (Å²) in [5, 5.41) is 13.2. The Labute approximate surface area is 139 Å². The summed E-state index contributed by atoms with van der Waals surface area (Å²) in [6.45, 7) is 4.17. The molecule has 2 rings (SSSR count). The summed E-state index contributed by atoms with van der Waals surface area (Å²) in [6, 6.07) is 11.3. The van der Waals surface area contributed by atoms with Crippen molar-refractivity contribution in [1.29, 1.82) is 0 Å². The number of benzene rings is 2. The van der Waals surface area contributed by atoms with E-state index >= 15 is 0 Å². The van der Waals surface area contributed by atoms with Crippen LogP contribution < -0.4 is 10.1 Å². The first kappa shape index (κ1) is 17.3. The third-order valence-electron chi connectivity index (χ3n) is 3.39. The van der Waals surface area contributed by atoms with Gasteiger partial charge in [-0.05, 0) is 49.2 Å². The second kappa shape index (κ2) is 7.96. The van der Waals surface area contributed by atoms with Crippen LogP contribution in [0.25, 0.3) is 0 Å². The smallest absolute Gasteiger partial charge is 0.411 e. The Balaban J connectivity index is 1.72. The molecule has 0 aliphatic carbocycles. The van der Waals surface area contributed by atoms with Crippen LogP contribution in [0.3, 0.4) is 0 Å². The predicted molar refractivity (Wildman–Crippen MR) is 89.5 cm³/mol. The Bertz CT molecular complexity index is 728. The van der Waals surface area contributed by atoms with Crippen molar-refractivity contribution in [2.45, 2.75) is 13.8 Å². The first-order valence-corrected chi connectivity index (χ1v) is 7.34. The molecule has 0 unspecified atom stereocenters. The minimum Gasteiger partial charge on any atom is -0.490 e. The molecule has 1 amide bonds. The van der Waals surface area contributed by atoms with E-state index in [4.69, 9.17) is 9.47 Å². The van der Waals surface area contributed by atoms with Crippen molar-refractivity contribution in [2.24, 2.45) is 0 Å². The van der Waals surface area contributed by atoms with Gasteiger partial charge in [0.1, 0.15) is 19.0 Å². The first-order chi connectivity index (χ1) is 11.5. The van der Waals surface area contributed by atoms with Gasteiger partial charge in [0.05, 0.1) is 4.92 Å².